The average molecular weight is 242 g/mol. The normalized spacial score (nSPS) is 6.43. The van der Waals surface area contributed by atoms with Crippen LogP contribution in [-0.2, 0) is 23.7 Å². The van der Waals surface area contributed by atoms with Gasteiger partial charge in [-0.05, 0) is 27.7 Å². The molecule has 0 aromatic heterocycles. The molecule has 0 spiro atoms. The Labute approximate surface area is 102 Å². The van der Waals surface area contributed by atoms with Crippen LogP contribution in [0.4, 0.5) is 0 Å². The zero-order chi connectivity index (χ0) is 13.2. The second-order valence-electron chi connectivity index (χ2n) is 2.19. The van der Waals surface area contributed by atoms with Crippen LogP contribution in [0.25, 0.3) is 0 Å². The first-order chi connectivity index (χ1) is 6.46. The van der Waals surface area contributed by atoms with Crippen LogP contribution >= 0.6 is 0 Å². The van der Waals surface area contributed by atoms with E-state index in [4.69, 9.17) is 13.5 Å². The third-order valence-electron chi connectivity index (χ3n) is 0. The molecule has 0 unspecified atom stereocenters. The number of hydrogen-bond acceptors (Lipinski definition) is 3. The van der Waals surface area contributed by atoms with E-state index < -0.39 is 0 Å². The predicted octanol–water partition coefficient (Wildman–Crippen LogP) is 2.33. The second kappa shape index (κ2) is 50.2. The van der Waals surface area contributed by atoms with E-state index in [1.54, 1.807) is 41.5 Å². The van der Waals surface area contributed by atoms with Gasteiger partial charge in [-0.25, -0.2) is 0 Å². The zero-order valence-electron chi connectivity index (χ0n) is 10.4. The van der Waals surface area contributed by atoms with Crippen LogP contribution in [0.3, 0.4) is 0 Å². The molecule has 14 heavy (non-hydrogen) atoms. The maximum absolute atomic E-state index is 8.25. The summed E-state index contributed by atoms with van der Waals surface area (Å²) in [7, 11) is 0. The third kappa shape index (κ3) is 8620. The van der Waals surface area contributed by atoms with Gasteiger partial charge >= 0.3 is 23.7 Å². The van der Waals surface area contributed by atoms with E-state index in [0.717, 1.165) is 20.4 Å². The van der Waals surface area contributed by atoms with Crippen molar-refractivity contribution in [2.24, 2.45) is 0 Å². The fourth-order valence-corrected chi connectivity index (χ4v) is 0. The van der Waals surface area contributed by atoms with Crippen LogP contribution in [0.15, 0.2) is 0 Å². The van der Waals surface area contributed by atoms with E-state index >= 15 is 0 Å². The molecule has 0 amide bonds. The predicted molar refractivity (Wildman–Crippen MR) is 57.5 cm³/mol. The summed E-state index contributed by atoms with van der Waals surface area (Å²) in [6.07, 6.45) is -0.333. The van der Waals surface area contributed by atoms with E-state index in [2.05, 4.69) is 13.8 Å². The fourth-order valence-electron chi connectivity index (χ4n) is 0. The quantitative estimate of drug-likeness (QED) is 0.506. The molecule has 0 saturated heterocycles. The molecule has 2 N–H and O–H groups in total. The summed E-state index contributed by atoms with van der Waals surface area (Å²) in [5.74, 6) is 0. The van der Waals surface area contributed by atoms with Crippen molar-refractivity contribution in [2.45, 2.75) is 53.8 Å². The van der Waals surface area contributed by atoms with Crippen molar-refractivity contribution >= 4 is 0 Å². The summed E-state index contributed by atoms with van der Waals surface area (Å²) >= 11 is 0.750. The van der Waals surface area contributed by atoms with Gasteiger partial charge < -0.3 is 24.1 Å². The van der Waals surface area contributed by atoms with E-state index in [1.165, 1.54) is 0 Å². The number of aliphatic hydroxyl groups is 2. The molecule has 0 aromatic carbocycles. The summed E-state index contributed by atoms with van der Waals surface area (Å²) in [5.41, 5.74) is 0. The number of rotatable bonds is 0. The van der Waals surface area contributed by atoms with Crippen LogP contribution in [0.1, 0.15) is 41.5 Å². The zero-order valence-corrected chi connectivity index (χ0v) is 11.9. The molecule has 88 valence electrons. The van der Waals surface area contributed by atoms with Crippen LogP contribution in [0.2, 0.25) is 0 Å². The standard InChI is InChI=1S/2C3H8O.2C2H5.O.Ti/c2*1-3(2)4;2*1-2;;/h2*3-4H,1-2H3;2*1H2,2H3;;/q;;2*-1;;+2. The summed E-state index contributed by atoms with van der Waals surface area (Å²) < 4.78 is 8.25. The van der Waals surface area contributed by atoms with E-state index in [1.807, 2.05) is 0 Å². The van der Waals surface area contributed by atoms with Crippen molar-refractivity contribution in [3.05, 3.63) is 13.8 Å². The van der Waals surface area contributed by atoms with Gasteiger partial charge in [0.25, 0.3) is 0 Å². The Bertz CT molecular complexity index is 39.1. The molecule has 0 aliphatic rings. The monoisotopic (exact) mass is 242 g/mol. The summed E-state index contributed by atoms with van der Waals surface area (Å²) in [5, 5.41) is 16.1. The molecule has 4 heteroatoms. The molecule has 0 radical (unpaired) electrons. The van der Waals surface area contributed by atoms with Crippen LogP contribution in [0, 0.1) is 13.8 Å². The van der Waals surface area contributed by atoms with Crippen molar-refractivity contribution in [1.82, 2.24) is 0 Å². The molecule has 0 aliphatic carbocycles. The minimum absolute atomic E-state index is 0.167. The third-order valence-corrected chi connectivity index (χ3v) is 0. The van der Waals surface area contributed by atoms with Crippen molar-refractivity contribution < 1.29 is 33.9 Å². The Balaban J connectivity index is -0.0000000255. The Morgan fingerprint density at radius 3 is 0.786 bits per heavy atom. The SMILES string of the molecule is CC(C)O.CC(C)O.[CH2-]C.[CH2-]C.[O]=[Ti+2]. The molecular formula is C10H26O3Ti. The maximum atomic E-state index is 8.25. The van der Waals surface area contributed by atoms with Gasteiger partial charge in [-0.1, -0.05) is 0 Å². The number of aliphatic hydroxyl groups excluding tert-OH is 2. The summed E-state index contributed by atoms with van der Waals surface area (Å²) in [4.78, 5) is 0. The van der Waals surface area contributed by atoms with Gasteiger partial charge in [-0.15, -0.1) is 0 Å². The molecule has 3 nitrogen and oxygen atoms in total. The first-order valence-corrected chi connectivity index (χ1v) is 5.08. The van der Waals surface area contributed by atoms with Crippen LogP contribution in [0.5, 0.6) is 0 Å². The molecule has 0 saturated carbocycles. The molecule has 0 rings (SSSR count). The van der Waals surface area contributed by atoms with E-state index in [0.29, 0.717) is 0 Å². The Morgan fingerprint density at radius 1 is 0.786 bits per heavy atom. The Hall–Kier alpha value is 0.434. The summed E-state index contributed by atoms with van der Waals surface area (Å²) in [6, 6.07) is 0. The van der Waals surface area contributed by atoms with Gasteiger partial charge in [0.15, 0.2) is 0 Å². The van der Waals surface area contributed by atoms with Gasteiger partial charge in [-0.3, -0.25) is 0 Å². The van der Waals surface area contributed by atoms with E-state index in [-0.39, 0.29) is 12.2 Å². The molecular weight excluding hydrogens is 216 g/mol. The average Bonchev–Trinajstić information content (AvgIpc) is 2.12. The Kier molecular flexibility index (Phi) is 105. The molecule has 0 heterocycles. The van der Waals surface area contributed by atoms with E-state index in [9.17, 15) is 0 Å². The van der Waals surface area contributed by atoms with Crippen molar-refractivity contribution in [3.63, 3.8) is 0 Å². The first kappa shape index (κ1) is 29.3. The first-order valence-electron chi connectivity index (χ1n) is 4.44. The van der Waals surface area contributed by atoms with Crippen molar-refractivity contribution in [1.29, 1.82) is 0 Å². The minimum atomic E-state index is -0.167. The van der Waals surface area contributed by atoms with Gasteiger partial charge in [-0.2, -0.15) is 13.8 Å². The van der Waals surface area contributed by atoms with Crippen LogP contribution in [-0.4, -0.2) is 22.4 Å². The van der Waals surface area contributed by atoms with Crippen molar-refractivity contribution in [2.75, 3.05) is 0 Å². The molecule has 0 atom stereocenters. The molecule has 0 fully saturated rings. The molecule has 0 aromatic rings. The van der Waals surface area contributed by atoms with Crippen molar-refractivity contribution in [3.8, 4) is 0 Å². The van der Waals surface area contributed by atoms with Gasteiger partial charge in [0, 0.05) is 12.2 Å². The Morgan fingerprint density at radius 2 is 0.786 bits per heavy atom. The summed E-state index contributed by atoms with van der Waals surface area (Å²) in [6.45, 7) is 16.9. The van der Waals surface area contributed by atoms with Gasteiger partial charge in [0.05, 0.1) is 0 Å². The van der Waals surface area contributed by atoms with Gasteiger partial charge in [0.2, 0.25) is 0 Å². The fraction of sp³-hybridized carbons (Fsp3) is 0.800. The molecule has 0 aliphatic heterocycles. The molecule has 0 bridgehead atoms. The number of hydrogen-bond donors (Lipinski definition) is 2. The second-order valence-corrected chi connectivity index (χ2v) is 2.19. The topological polar surface area (TPSA) is 57.5 Å². The van der Waals surface area contributed by atoms with Gasteiger partial charge in [0.1, 0.15) is 0 Å². The van der Waals surface area contributed by atoms with Crippen LogP contribution < -0.4 is 0 Å².